The summed E-state index contributed by atoms with van der Waals surface area (Å²) >= 11 is 1.28. The van der Waals surface area contributed by atoms with Crippen LogP contribution in [0.25, 0.3) is 0 Å². The van der Waals surface area contributed by atoms with Crippen LogP contribution in [0.2, 0.25) is 0 Å². The number of amides is 1. The Balaban J connectivity index is 1.64. The lowest BCUT2D eigenvalue weighted by Crippen LogP contribution is -2.33. The van der Waals surface area contributed by atoms with Crippen molar-refractivity contribution in [1.29, 1.82) is 0 Å². The van der Waals surface area contributed by atoms with Gasteiger partial charge in [0.25, 0.3) is 5.91 Å². The summed E-state index contributed by atoms with van der Waals surface area (Å²) in [6.07, 6.45) is 0.836. The van der Waals surface area contributed by atoms with Gasteiger partial charge in [0.15, 0.2) is 6.61 Å². The van der Waals surface area contributed by atoms with Crippen LogP contribution in [-0.2, 0) is 16.0 Å². The molecule has 2 heterocycles. The van der Waals surface area contributed by atoms with Crippen molar-refractivity contribution in [2.75, 3.05) is 18.1 Å². The molecule has 0 saturated carbocycles. The topological polar surface area (TPSA) is 59.5 Å². The fourth-order valence-corrected chi connectivity index (χ4v) is 3.40. The van der Waals surface area contributed by atoms with Crippen molar-refractivity contribution < 1.29 is 14.3 Å². The highest BCUT2D eigenvalue weighted by Gasteiger charge is 2.25. The summed E-state index contributed by atoms with van der Waals surface area (Å²) in [6.45, 7) is 3.98. The molecule has 3 rings (SSSR count). The van der Waals surface area contributed by atoms with Crippen LogP contribution in [-0.4, -0.2) is 30.0 Å². The number of hydrogen-bond acceptors (Lipinski definition) is 5. The number of anilines is 1. The number of aromatic nitrogens is 1. The Labute approximate surface area is 132 Å². The molecule has 2 aromatic rings. The molecule has 114 valence electrons. The third-order valence-electron chi connectivity index (χ3n) is 3.60. The summed E-state index contributed by atoms with van der Waals surface area (Å²) in [6, 6.07) is 7.79. The molecule has 1 aromatic heterocycles. The Morgan fingerprint density at radius 2 is 2.09 bits per heavy atom. The van der Waals surface area contributed by atoms with Crippen molar-refractivity contribution in [1.82, 2.24) is 4.98 Å². The number of rotatable bonds is 3. The monoisotopic (exact) mass is 316 g/mol. The summed E-state index contributed by atoms with van der Waals surface area (Å²) in [5.41, 5.74) is 2.70. The normalized spacial score (nSPS) is 13.1. The van der Waals surface area contributed by atoms with E-state index in [1.807, 2.05) is 31.2 Å². The smallest absolute Gasteiger partial charge is 0.350 e. The average Bonchev–Trinajstić information content (AvgIpc) is 3.07. The molecule has 6 heteroatoms. The number of benzene rings is 1. The van der Waals surface area contributed by atoms with Gasteiger partial charge in [-0.3, -0.25) is 4.79 Å². The van der Waals surface area contributed by atoms with E-state index in [1.165, 1.54) is 11.3 Å². The van der Waals surface area contributed by atoms with E-state index in [2.05, 4.69) is 4.98 Å². The molecule has 0 fully saturated rings. The van der Waals surface area contributed by atoms with E-state index >= 15 is 0 Å². The number of nitrogens with zero attached hydrogens (tertiary/aromatic N) is 2. The Morgan fingerprint density at radius 3 is 2.82 bits per heavy atom. The molecule has 1 aliphatic rings. The number of aryl methyl sites for hydroxylation is 2. The van der Waals surface area contributed by atoms with Gasteiger partial charge >= 0.3 is 5.97 Å². The van der Waals surface area contributed by atoms with Crippen molar-refractivity contribution in [3.8, 4) is 0 Å². The van der Waals surface area contributed by atoms with E-state index in [-0.39, 0.29) is 12.5 Å². The van der Waals surface area contributed by atoms with E-state index in [9.17, 15) is 9.59 Å². The molecule has 0 atom stereocenters. The van der Waals surface area contributed by atoms with Crippen molar-refractivity contribution in [3.63, 3.8) is 0 Å². The van der Waals surface area contributed by atoms with Crippen molar-refractivity contribution in [2.45, 2.75) is 20.3 Å². The minimum absolute atomic E-state index is 0.197. The molecule has 1 aromatic carbocycles. The van der Waals surface area contributed by atoms with Gasteiger partial charge in [-0.05, 0) is 31.9 Å². The first-order chi connectivity index (χ1) is 10.6. The van der Waals surface area contributed by atoms with Crippen LogP contribution in [0, 0.1) is 13.8 Å². The molecule has 0 saturated heterocycles. The van der Waals surface area contributed by atoms with Gasteiger partial charge in [-0.1, -0.05) is 18.2 Å². The second kappa shape index (κ2) is 5.88. The fraction of sp³-hybridized carbons (Fsp3) is 0.312. The lowest BCUT2D eigenvalue weighted by molar-refractivity contribution is -0.121. The number of esters is 1. The highest BCUT2D eigenvalue weighted by atomic mass is 32.1. The molecule has 5 nitrogen and oxygen atoms in total. The summed E-state index contributed by atoms with van der Waals surface area (Å²) in [7, 11) is 0. The van der Waals surface area contributed by atoms with Crippen LogP contribution in [0.15, 0.2) is 24.3 Å². The molecule has 0 bridgehead atoms. The van der Waals surface area contributed by atoms with E-state index in [1.54, 1.807) is 11.8 Å². The van der Waals surface area contributed by atoms with Crippen molar-refractivity contribution >= 4 is 28.9 Å². The predicted molar refractivity (Wildman–Crippen MR) is 84.4 cm³/mol. The van der Waals surface area contributed by atoms with Crippen LogP contribution < -0.4 is 4.90 Å². The third-order valence-corrected chi connectivity index (χ3v) is 4.66. The first-order valence-electron chi connectivity index (χ1n) is 7.05. The molecule has 0 aliphatic carbocycles. The van der Waals surface area contributed by atoms with Crippen molar-refractivity contribution in [2.24, 2.45) is 0 Å². The fourth-order valence-electron chi connectivity index (χ4n) is 2.59. The minimum Gasteiger partial charge on any atom is -0.451 e. The third kappa shape index (κ3) is 2.74. The number of carbonyl (C=O) groups is 2. The van der Waals surface area contributed by atoms with E-state index in [4.69, 9.17) is 4.74 Å². The van der Waals surface area contributed by atoms with E-state index in [0.29, 0.717) is 17.1 Å². The molecular weight excluding hydrogens is 300 g/mol. The largest absolute Gasteiger partial charge is 0.451 e. The van der Waals surface area contributed by atoms with Gasteiger partial charge in [0.1, 0.15) is 4.88 Å². The standard InChI is InChI=1S/C16H16N2O3S/c1-10-15(22-11(2)17-10)16(20)21-9-14(19)18-8-7-12-5-3-4-6-13(12)18/h3-6H,7-9H2,1-2H3. The van der Waals surface area contributed by atoms with E-state index in [0.717, 1.165) is 22.7 Å². The highest BCUT2D eigenvalue weighted by molar-refractivity contribution is 7.13. The molecule has 0 unspecified atom stereocenters. The zero-order valence-electron chi connectivity index (χ0n) is 12.5. The minimum atomic E-state index is -0.482. The average molecular weight is 316 g/mol. The number of fused-ring (bicyclic) bond motifs is 1. The van der Waals surface area contributed by atoms with Gasteiger partial charge in [-0.15, -0.1) is 11.3 Å². The lowest BCUT2D eigenvalue weighted by atomic mass is 10.2. The molecule has 0 N–H and O–H groups in total. The number of hydrogen-bond donors (Lipinski definition) is 0. The van der Waals surface area contributed by atoms with Gasteiger partial charge < -0.3 is 9.64 Å². The molecule has 0 spiro atoms. The Hall–Kier alpha value is -2.21. The zero-order chi connectivity index (χ0) is 15.7. The molecule has 1 amide bonds. The molecule has 22 heavy (non-hydrogen) atoms. The zero-order valence-corrected chi connectivity index (χ0v) is 13.3. The quantitative estimate of drug-likeness (QED) is 0.816. The van der Waals surface area contributed by atoms with Crippen molar-refractivity contribution in [3.05, 3.63) is 45.4 Å². The summed E-state index contributed by atoms with van der Waals surface area (Å²) in [5, 5.41) is 0.809. The maximum atomic E-state index is 12.3. The summed E-state index contributed by atoms with van der Waals surface area (Å²) < 4.78 is 5.15. The molecule has 1 aliphatic heterocycles. The second-order valence-corrected chi connectivity index (χ2v) is 6.35. The Bertz CT molecular complexity index is 739. The van der Waals surface area contributed by atoms with Gasteiger partial charge in [0, 0.05) is 12.2 Å². The van der Waals surface area contributed by atoms with E-state index < -0.39 is 5.97 Å². The SMILES string of the molecule is Cc1nc(C)c(C(=O)OCC(=O)N2CCc3ccccc32)s1. The van der Waals surface area contributed by atoms with Crippen LogP contribution in [0.3, 0.4) is 0 Å². The van der Waals surface area contributed by atoms with Gasteiger partial charge in [0.05, 0.1) is 10.7 Å². The van der Waals surface area contributed by atoms with Crippen LogP contribution in [0.4, 0.5) is 5.69 Å². The van der Waals surface area contributed by atoms with Crippen LogP contribution in [0.1, 0.15) is 25.9 Å². The number of para-hydroxylation sites is 1. The van der Waals surface area contributed by atoms with Crippen LogP contribution >= 0.6 is 11.3 Å². The summed E-state index contributed by atoms with van der Waals surface area (Å²) in [5.74, 6) is -0.680. The van der Waals surface area contributed by atoms with Gasteiger partial charge in [-0.25, -0.2) is 9.78 Å². The lowest BCUT2D eigenvalue weighted by Gasteiger charge is -2.17. The number of ether oxygens (including phenoxy) is 1. The van der Waals surface area contributed by atoms with Gasteiger partial charge in [0.2, 0.25) is 0 Å². The highest BCUT2D eigenvalue weighted by Crippen LogP contribution is 2.27. The van der Waals surface area contributed by atoms with Gasteiger partial charge in [-0.2, -0.15) is 0 Å². The second-order valence-electron chi connectivity index (χ2n) is 5.15. The first-order valence-corrected chi connectivity index (χ1v) is 7.87. The maximum absolute atomic E-state index is 12.3. The molecular formula is C16H16N2O3S. The number of carbonyl (C=O) groups excluding carboxylic acids is 2. The van der Waals surface area contributed by atoms with Crippen LogP contribution in [0.5, 0.6) is 0 Å². The Morgan fingerprint density at radius 1 is 1.32 bits per heavy atom. The predicted octanol–water partition coefficient (Wildman–Crippen LogP) is 2.51. The molecule has 0 radical (unpaired) electrons. The summed E-state index contributed by atoms with van der Waals surface area (Å²) in [4.78, 5) is 30.6. The Kier molecular flexibility index (Phi) is 3.94. The first kappa shape index (κ1) is 14.7. The number of thiazole rings is 1. The maximum Gasteiger partial charge on any atom is 0.350 e.